The van der Waals surface area contributed by atoms with Gasteiger partial charge < -0.3 is 14.8 Å². The van der Waals surface area contributed by atoms with Crippen molar-refractivity contribution < 1.29 is 27.0 Å². The normalized spacial score (nSPS) is 22.7. The highest BCUT2D eigenvalue weighted by atomic mass is 19.3. The quantitative estimate of drug-likeness (QED) is 0.695. The second-order valence-electron chi connectivity index (χ2n) is 4.72. The first-order valence-corrected chi connectivity index (χ1v) is 6.52. The Labute approximate surface area is 110 Å². The summed E-state index contributed by atoms with van der Waals surface area (Å²) in [6, 6.07) is -0.140. The zero-order valence-electron chi connectivity index (χ0n) is 11.0. The molecular formula is C12H21F4NO2. The van der Waals surface area contributed by atoms with Gasteiger partial charge in [0.05, 0.1) is 13.2 Å². The first kappa shape index (κ1) is 16.7. The standard InChI is InChI=1S/C12H21F4NO2/c1-2-17-10(9-4-3-5-18-6-9)7-19-8-12(15,16)11(13)14/h9-11,17H,2-8H2,1H3. The maximum absolute atomic E-state index is 12.7. The van der Waals surface area contributed by atoms with Crippen LogP contribution in [0.5, 0.6) is 0 Å². The second-order valence-corrected chi connectivity index (χ2v) is 4.72. The molecule has 2 atom stereocenters. The summed E-state index contributed by atoms with van der Waals surface area (Å²) in [5, 5.41) is 3.13. The highest BCUT2D eigenvalue weighted by Crippen LogP contribution is 2.24. The van der Waals surface area contributed by atoms with Crippen molar-refractivity contribution in [3.05, 3.63) is 0 Å². The Hall–Kier alpha value is -0.400. The van der Waals surface area contributed by atoms with Gasteiger partial charge in [0, 0.05) is 12.6 Å². The van der Waals surface area contributed by atoms with Gasteiger partial charge in [0.1, 0.15) is 6.61 Å². The van der Waals surface area contributed by atoms with Crippen LogP contribution in [0.2, 0.25) is 0 Å². The Morgan fingerprint density at radius 1 is 1.42 bits per heavy atom. The van der Waals surface area contributed by atoms with Gasteiger partial charge in [-0.2, -0.15) is 8.78 Å². The fourth-order valence-corrected chi connectivity index (χ4v) is 2.09. The lowest BCUT2D eigenvalue weighted by atomic mass is 9.94. The van der Waals surface area contributed by atoms with Crippen molar-refractivity contribution in [2.45, 2.75) is 38.2 Å². The van der Waals surface area contributed by atoms with E-state index in [2.05, 4.69) is 5.32 Å². The average molecular weight is 287 g/mol. The molecule has 0 bridgehead atoms. The van der Waals surface area contributed by atoms with Crippen LogP contribution >= 0.6 is 0 Å². The molecule has 114 valence electrons. The molecule has 1 aliphatic rings. The van der Waals surface area contributed by atoms with Crippen molar-refractivity contribution in [2.75, 3.05) is 33.0 Å². The number of likely N-dealkylation sites (N-methyl/N-ethyl adjacent to an activating group) is 1. The van der Waals surface area contributed by atoms with Crippen molar-refractivity contribution in [1.82, 2.24) is 5.32 Å². The Morgan fingerprint density at radius 2 is 2.16 bits per heavy atom. The molecule has 7 heteroatoms. The largest absolute Gasteiger partial charge is 0.381 e. The average Bonchev–Trinajstić information content (AvgIpc) is 2.38. The van der Waals surface area contributed by atoms with Crippen LogP contribution in [0.4, 0.5) is 17.6 Å². The van der Waals surface area contributed by atoms with Gasteiger partial charge in [-0.25, -0.2) is 8.78 Å². The fraction of sp³-hybridized carbons (Fsp3) is 1.00. The Bertz CT molecular complexity index is 248. The summed E-state index contributed by atoms with van der Waals surface area (Å²) >= 11 is 0. The minimum atomic E-state index is -4.08. The number of alkyl halides is 4. The van der Waals surface area contributed by atoms with Gasteiger partial charge in [-0.15, -0.1) is 0 Å². The maximum Gasteiger partial charge on any atom is 0.330 e. The molecule has 0 radical (unpaired) electrons. The SMILES string of the molecule is CCNC(COCC(F)(F)C(F)F)C1CCCOC1. The van der Waals surface area contributed by atoms with Gasteiger partial charge in [-0.3, -0.25) is 0 Å². The molecule has 1 rings (SSSR count). The third-order valence-corrected chi connectivity index (χ3v) is 3.14. The summed E-state index contributed by atoms with van der Waals surface area (Å²) in [7, 11) is 0. The van der Waals surface area contributed by atoms with E-state index in [1.165, 1.54) is 0 Å². The molecule has 0 aromatic carbocycles. The molecule has 2 unspecified atom stereocenters. The van der Waals surface area contributed by atoms with Gasteiger partial charge in [0.25, 0.3) is 0 Å². The lowest BCUT2D eigenvalue weighted by Gasteiger charge is -2.31. The van der Waals surface area contributed by atoms with Crippen LogP contribution in [0, 0.1) is 5.92 Å². The van der Waals surface area contributed by atoms with Crippen LogP contribution in [0.25, 0.3) is 0 Å². The zero-order chi connectivity index (χ0) is 14.3. The maximum atomic E-state index is 12.7. The third kappa shape index (κ3) is 5.62. The molecule has 19 heavy (non-hydrogen) atoms. The third-order valence-electron chi connectivity index (χ3n) is 3.14. The van der Waals surface area contributed by atoms with E-state index < -0.39 is 19.0 Å². The Kier molecular flexibility index (Phi) is 7.02. The summed E-state index contributed by atoms with van der Waals surface area (Å²) in [6.45, 7) is 2.55. The van der Waals surface area contributed by atoms with Gasteiger partial charge in [-0.05, 0) is 25.3 Å². The lowest BCUT2D eigenvalue weighted by Crippen LogP contribution is -2.44. The molecule has 0 aromatic heterocycles. The summed E-state index contributed by atoms with van der Waals surface area (Å²) in [4.78, 5) is 0. The van der Waals surface area contributed by atoms with Crippen LogP contribution in [-0.4, -0.2) is 51.4 Å². The van der Waals surface area contributed by atoms with E-state index >= 15 is 0 Å². The molecule has 1 N–H and O–H groups in total. The topological polar surface area (TPSA) is 30.5 Å². The number of rotatable bonds is 8. The van der Waals surface area contributed by atoms with Crippen molar-refractivity contribution in [3.63, 3.8) is 0 Å². The van der Waals surface area contributed by atoms with Crippen LogP contribution in [-0.2, 0) is 9.47 Å². The van der Waals surface area contributed by atoms with Crippen LogP contribution in [0.1, 0.15) is 19.8 Å². The lowest BCUT2D eigenvalue weighted by molar-refractivity contribution is -0.168. The molecule has 0 saturated carbocycles. The van der Waals surface area contributed by atoms with Gasteiger partial charge in [0.15, 0.2) is 0 Å². The molecule has 1 fully saturated rings. The Balaban J connectivity index is 2.36. The summed E-state index contributed by atoms with van der Waals surface area (Å²) in [6.07, 6.45) is -1.85. The van der Waals surface area contributed by atoms with Crippen LogP contribution < -0.4 is 5.32 Å². The highest BCUT2D eigenvalue weighted by molar-refractivity contribution is 4.78. The minimum Gasteiger partial charge on any atom is -0.381 e. The van der Waals surface area contributed by atoms with E-state index in [4.69, 9.17) is 9.47 Å². The molecule has 0 aliphatic carbocycles. The van der Waals surface area contributed by atoms with Crippen LogP contribution in [0.15, 0.2) is 0 Å². The van der Waals surface area contributed by atoms with Gasteiger partial charge in [0.2, 0.25) is 0 Å². The number of halogens is 4. The van der Waals surface area contributed by atoms with Gasteiger partial charge in [-0.1, -0.05) is 6.92 Å². The van der Waals surface area contributed by atoms with Crippen molar-refractivity contribution >= 4 is 0 Å². The Morgan fingerprint density at radius 3 is 2.68 bits per heavy atom. The molecule has 1 saturated heterocycles. The monoisotopic (exact) mass is 287 g/mol. The number of hydrogen-bond donors (Lipinski definition) is 1. The molecule has 3 nitrogen and oxygen atoms in total. The summed E-state index contributed by atoms with van der Waals surface area (Å²) < 4.78 is 59.5. The fourth-order valence-electron chi connectivity index (χ4n) is 2.09. The smallest absolute Gasteiger partial charge is 0.330 e. The van der Waals surface area contributed by atoms with Crippen molar-refractivity contribution in [1.29, 1.82) is 0 Å². The highest BCUT2D eigenvalue weighted by Gasteiger charge is 2.41. The molecule has 0 amide bonds. The first-order chi connectivity index (χ1) is 8.97. The number of nitrogens with one attached hydrogen (secondary N) is 1. The first-order valence-electron chi connectivity index (χ1n) is 6.52. The zero-order valence-corrected chi connectivity index (χ0v) is 11.0. The van der Waals surface area contributed by atoms with Crippen LogP contribution in [0.3, 0.4) is 0 Å². The molecule has 1 heterocycles. The van der Waals surface area contributed by atoms with E-state index in [0.29, 0.717) is 19.8 Å². The number of hydrogen-bond acceptors (Lipinski definition) is 3. The summed E-state index contributed by atoms with van der Waals surface area (Å²) in [5.74, 6) is -3.91. The predicted molar refractivity (Wildman–Crippen MR) is 62.8 cm³/mol. The van der Waals surface area contributed by atoms with Crippen molar-refractivity contribution in [2.24, 2.45) is 5.92 Å². The number of ether oxygens (including phenoxy) is 2. The second kappa shape index (κ2) is 8.01. The van der Waals surface area contributed by atoms with E-state index in [1.54, 1.807) is 0 Å². The summed E-state index contributed by atoms with van der Waals surface area (Å²) in [5.41, 5.74) is 0. The van der Waals surface area contributed by atoms with E-state index in [9.17, 15) is 17.6 Å². The molecule has 0 spiro atoms. The van der Waals surface area contributed by atoms with E-state index in [1.807, 2.05) is 6.92 Å². The molecule has 1 aliphatic heterocycles. The van der Waals surface area contributed by atoms with E-state index in [-0.39, 0.29) is 18.6 Å². The predicted octanol–water partition coefficient (Wildman–Crippen LogP) is 2.31. The molecule has 0 aromatic rings. The van der Waals surface area contributed by atoms with Gasteiger partial charge >= 0.3 is 12.3 Å². The molecular weight excluding hydrogens is 266 g/mol. The van der Waals surface area contributed by atoms with E-state index in [0.717, 1.165) is 12.8 Å². The minimum absolute atomic E-state index is 0.00975. The van der Waals surface area contributed by atoms with Crippen molar-refractivity contribution in [3.8, 4) is 0 Å².